The molecule has 43 heavy (non-hydrogen) atoms. The Hall–Kier alpha value is -4.88. The minimum Gasteiger partial charge on any atom is -0.489 e. The van der Waals surface area contributed by atoms with Crippen LogP contribution >= 0.6 is 0 Å². The summed E-state index contributed by atoms with van der Waals surface area (Å²) in [6.07, 6.45) is 2.42. The molecule has 4 aromatic carbocycles. The maximum atomic E-state index is 13.3. The Labute approximate surface area is 250 Å². The van der Waals surface area contributed by atoms with E-state index in [9.17, 15) is 9.59 Å². The third-order valence-electron chi connectivity index (χ3n) is 7.87. The van der Waals surface area contributed by atoms with Crippen molar-refractivity contribution in [3.63, 3.8) is 0 Å². The molecule has 6 rings (SSSR count). The van der Waals surface area contributed by atoms with Gasteiger partial charge in [-0.2, -0.15) is 0 Å². The molecule has 1 heterocycles. The number of para-hydroxylation sites is 1. The zero-order chi connectivity index (χ0) is 29.8. The van der Waals surface area contributed by atoms with Crippen LogP contribution in [0.15, 0.2) is 108 Å². The van der Waals surface area contributed by atoms with Crippen LogP contribution in [0.3, 0.4) is 0 Å². The molecule has 1 aliphatic carbocycles. The molecule has 0 spiro atoms. The van der Waals surface area contributed by atoms with E-state index >= 15 is 0 Å². The van der Waals surface area contributed by atoms with Crippen LogP contribution in [0.2, 0.25) is 0 Å². The summed E-state index contributed by atoms with van der Waals surface area (Å²) in [6, 6.07) is 30.3. The first-order valence-corrected chi connectivity index (χ1v) is 14.6. The second-order valence-electron chi connectivity index (χ2n) is 10.8. The van der Waals surface area contributed by atoms with Crippen molar-refractivity contribution in [2.45, 2.75) is 38.5 Å². The van der Waals surface area contributed by atoms with Gasteiger partial charge in [0.15, 0.2) is 6.04 Å². The van der Waals surface area contributed by atoms with Gasteiger partial charge in [0.1, 0.15) is 17.9 Å². The molecule has 3 atom stereocenters. The first-order valence-electron chi connectivity index (χ1n) is 14.6. The van der Waals surface area contributed by atoms with Gasteiger partial charge in [-0.05, 0) is 71.8 Å². The van der Waals surface area contributed by atoms with Gasteiger partial charge < -0.3 is 24.9 Å². The summed E-state index contributed by atoms with van der Waals surface area (Å²) in [5, 5.41) is 3.92. The minimum absolute atomic E-state index is 0.146. The molecule has 218 valence electrons. The van der Waals surface area contributed by atoms with Gasteiger partial charge in [0.25, 0.3) is 0 Å². The zero-order valence-electron chi connectivity index (χ0n) is 24.0. The van der Waals surface area contributed by atoms with Gasteiger partial charge in [-0.25, -0.2) is 4.79 Å². The number of fused-ring (bicyclic) bond motifs is 1. The molecule has 1 aliphatic rings. The third-order valence-corrected chi connectivity index (χ3v) is 7.87. The molecule has 3 N–H and O–H groups in total. The van der Waals surface area contributed by atoms with Crippen molar-refractivity contribution in [2.24, 2.45) is 11.7 Å². The Morgan fingerprint density at radius 3 is 2.58 bits per heavy atom. The number of carbonyl (C=O) groups excluding carboxylic acids is 2. The van der Waals surface area contributed by atoms with Gasteiger partial charge in [0, 0.05) is 29.0 Å². The van der Waals surface area contributed by atoms with Gasteiger partial charge >= 0.3 is 5.97 Å². The predicted molar refractivity (Wildman–Crippen MR) is 165 cm³/mol. The maximum Gasteiger partial charge on any atom is 0.333 e. The summed E-state index contributed by atoms with van der Waals surface area (Å²) < 4.78 is 17.5. The molecule has 3 unspecified atom stereocenters. The molecule has 0 radical (unpaired) electrons. The number of nitrogens with one attached hydrogen (secondary N) is 1. The number of benzene rings is 4. The lowest BCUT2D eigenvalue weighted by Gasteiger charge is -2.21. The van der Waals surface area contributed by atoms with E-state index in [0.29, 0.717) is 17.9 Å². The topological polar surface area (TPSA) is 104 Å². The van der Waals surface area contributed by atoms with Crippen molar-refractivity contribution < 1.29 is 23.5 Å². The highest BCUT2D eigenvalue weighted by atomic mass is 16.5. The maximum absolute atomic E-state index is 13.3. The Kier molecular flexibility index (Phi) is 8.24. The van der Waals surface area contributed by atoms with E-state index in [1.54, 1.807) is 25.3 Å². The highest BCUT2D eigenvalue weighted by molar-refractivity contribution is 5.93. The Morgan fingerprint density at radius 2 is 1.77 bits per heavy atom. The van der Waals surface area contributed by atoms with E-state index in [-0.39, 0.29) is 31.0 Å². The molecule has 7 heteroatoms. The highest BCUT2D eigenvalue weighted by Crippen LogP contribution is 2.48. The molecule has 0 bridgehead atoms. The number of carbonyl (C=O) groups is 2. The molecule has 7 nitrogen and oxygen atoms in total. The average Bonchev–Trinajstić information content (AvgIpc) is 3.72. The minimum atomic E-state index is -0.994. The van der Waals surface area contributed by atoms with E-state index in [1.807, 2.05) is 78.9 Å². The van der Waals surface area contributed by atoms with Gasteiger partial charge in [0.05, 0.1) is 12.9 Å². The summed E-state index contributed by atoms with van der Waals surface area (Å²) in [5.74, 6) is -0.240. The fourth-order valence-corrected chi connectivity index (χ4v) is 5.61. The quantitative estimate of drug-likeness (QED) is 0.171. The zero-order valence-corrected chi connectivity index (χ0v) is 24.0. The van der Waals surface area contributed by atoms with E-state index < -0.39 is 12.0 Å². The number of ether oxygens (including phenoxy) is 2. The monoisotopic (exact) mass is 574 g/mol. The molecule has 5 aromatic rings. The second-order valence-corrected chi connectivity index (χ2v) is 10.8. The number of nitrogens with two attached hydrogens (primary N) is 1. The summed E-state index contributed by atoms with van der Waals surface area (Å²) >= 11 is 0. The summed E-state index contributed by atoms with van der Waals surface area (Å²) in [7, 11) is 0. The molecular formula is C36H34N2O5. The molecule has 1 saturated carbocycles. The van der Waals surface area contributed by atoms with Crippen molar-refractivity contribution in [1.29, 1.82) is 0 Å². The number of furan rings is 1. The van der Waals surface area contributed by atoms with Gasteiger partial charge in [0.2, 0.25) is 5.91 Å². The summed E-state index contributed by atoms with van der Waals surface area (Å²) in [5.41, 5.74) is 12.3. The van der Waals surface area contributed by atoms with Crippen molar-refractivity contribution >= 4 is 22.8 Å². The van der Waals surface area contributed by atoms with E-state index in [4.69, 9.17) is 19.6 Å². The van der Waals surface area contributed by atoms with E-state index in [1.165, 1.54) is 0 Å². The van der Waals surface area contributed by atoms with Gasteiger partial charge in [-0.15, -0.1) is 0 Å². The van der Waals surface area contributed by atoms with Crippen LogP contribution in [0.5, 0.6) is 5.75 Å². The fraction of sp³-hybridized carbons (Fsp3) is 0.222. The van der Waals surface area contributed by atoms with E-state index in [2.05, 4.69) is 11.4 Å². The molecule has 0 aliphatic heterocycles. The van der Waals surface area contributed by atoms with E-state index in [0.717, 1.165) is 45.2 Å². The Bertz CT molecular complexity index is 1750. The Balaban J connectivity index is 1.24. The normalized spacial score (nSPS) is 16.4. The highest BCUT2D eigenvalue weighted by Gasteiger charge is 2.45. The number of hydrogen-bond acceptors (Lipinski definition) is 6. The number of rotatable bonds is 11. The summed E-state index contributed by atoms with van der Waals surface area (Å²) in [4.78, 5) is 26.5. The van der Waals surface area contributed by atoms with Crippen molar-refractivity contribution in [1.82, 2.24) is 5.32 Å². The summed E-state index contributed by atoms with van der Waals surface area (Å²) in [6.45, 7) is 2.63. The third kappa shape index (κ3) is 6.17. The van der Waals surface area contributed by atoms with Crippen LogP contribution in [0.25, 0.3) is 22.1 Å². The Morgan fingerprint density at radius 1 is 0.953 bits per heavy atom. The predicted octanol–water partition coefficient (Wildman–Crippen LogP) is 6.66. The molecule has 1 fully saturated rings. The lowest BCUT2D eigenvalue weighted by atomic mass is 9.99. The van der Waals surface area contributed by atoms with Crippen molar-refractivity contribution in [3.05, 3.63) is 126 Å². The van der Waals surface area contributed by atoms with Crippen LogP contribution < -0.4 is 15.8 Å². The number of hydrogen-bond donors (Lipinski definition) is 2. The molecule has 1 aromatic heterocycles. The largest absolute Gasteiger partial charge is 0.489 e. The van der Waals surface area contributed by atoms with Crippen LogP contribution in [-0.4, -0.2) is 18.5 Å². The van der Waals surface area contributed by atoms with Gasteiger partial charge in [-0.1, -0.05) is 66.7 Å². The molecular weight excluding hydrogens is 540 g/mol. The van der Waals surface area contributed by atoms with Gasteiger partial charge in [-0.3, -0.25) is 4.79 Å². The first kappa shape index (κ1) is 28.2. The first-order chi connectivity index (χ1) is 21.1. The fourth-order valence-electron chi connectivity index (χ4n) is 5.61. The van der Waals surface area contributed by atoms with Crippen LogP contribution in [-0.2, 0) is 27.5 Å². The van der Waals surface area contributed by atoms with Crippen LogP contribution in [0.4, 0.5) is 0 Å². The smallest absolute Gasteiger partial charge is 0.333 e. The SMILES string of the molecule is CCOC(=O)C(NC(=O)C1CC1c1ccccc1)c1ccccc1OCc1cc(-c2cccc(CN)c2)c2occc2c1. The molecule has 0 saturated heterocycles. The van der Waals surface area contributed by atoms with Crippen LogP contribution in [0, 0.1) is 5.92 Å². The van der Waals surface area contributed by atoms with Crippen LogP contribution in [0.1, 0.15) is 47.6 Å². The van der Waals surface area contributed by atoms with Crippen molar-refractivity contribution in [2.75, 3.05) is 6.61 Å². The lowest BCUT2D eigenvalue weighted by Crippen LogP contribution is -2.36. The number of amides is 1. The second kappa shape index (κ2) is 12.5. The average molecular weight is 575 g/mol. The van der Waals surface area contributed by atoms with Crippen molar-refractivity contribution in [3.8, 4) is 16.9 Å². The standard InChI is InChI=1S/C36H34N2O5/c1-2-41-36(40)33(38-35(39)31-20-29(31)25-10-4-3-5-11-25)28-13-6-7-14-32(28)43-22-24-18-27-15-16-42-34(27)30(19-24)26-12-8-9-23(17-26)21-37/h3-19,29,31,33H,2,20-22,37H2,1H3,(H,38,39). The lowest BCUT2D eigenvalue weighted by molar-refractivity contribution is -0.147. The number of esters is 1. The molecule has 1 amide bonds.